The predicted octanol–water partition coefficient (Wildman–Crippen LogP) is 3.71. The highest BCUT2D eigenvalue weighted by Crippen LogP contribution is 2.44. The topological polar surface area (TPSA) is 12.0 Å². The molecule has 1 saturated carbocycles. The van der Waals surface area contributed by atoms with E-state index in [0.29, 0.717) is 5.41 Å². The fourth-order valence-corrected chi connectivity index (χ4v) is 3.20. The van der Waals surface area contributed by atoms with E-state index in [2.05, 4.69) is 48.1 Å². The SMILES string of the molecule is Cc1sc(CNC2CC2(C)C)cc1Br. The van der Waals surface area contributed by atoms with E-state index in [0.717, 1.165) is 12.6 Å². The van der Waals surface area contributed by atoms with Gasteiger partial charge in [0.25, 0.3) is 0 Å². The number of aryl methyl sites for hydroxylation is 1. The molecule has 3 heteroatoms. The van der Waals surface area contributed by atoms with Gasteiger partial charge in [-0.1, -0.05) is 13.8 Å². The van der Waals surface area contributed by atoms with E-state index in [9.17, 15) is 0 Å². The molecule has 1 unspecified atom stereocenters. The summed E-state index contributed by atoms with van der Waals surface area (Å²) in [4.78, 5) is 2.80. The smallest absolute Gasteiger partial charge is 0.0314 e. The van der Waals surface area contributed by atoms with Crippen LogP contribution in [0.2, 0.25) is 0 Å². The Hall–Kier alpha value is 0.140. The molecular formula is C11H16BrNS. The summed E-state index contributed by atoms with van der Waals surface area (Å²) in [7, 11) is 0. The van der Waals surface area contributed by atoms with E-state index in [1.54, 1.807) is 0 Å². The predicted molar refractivity (Wildman–Crippen MR) is 65.8 cm³/mol. The summed E-state index contributed by atoms with van der Waals surface area (Å²) < 4.78 is 1.24. The van der Waals surface area contributed by atoms with E-state index < -0.39 is 0 Å². The van der Waals surface area contributed by atoms with Gasteiger partial charge in [-0.3, -0.25) is 0 Å². The molecule has 1 aromatic rings. The second kappa shape index (κ2) is 3.62. The zero-order valence-corrected chi connectivity index (χ0v) is 11.3. The first kappa shape index (κ1) is 10.7. The summed E-state index contributed by atoms with van der Waals surface area (Å²) in [5.74, 6) is 0. The second-order valence-electron chi connectivity index (χ2n) is 4.74. The fourth-order valence-electron chi connectivity index (χ4n) is 1.64. The van der Waals surface area contributed by atoms with Crippen LogP contribution in [0.3, 0.4) is 0 Å². The Bertz CT molecular complexity index is 324. The molecule has 1 N–H and O–H groups in total. The van der Waals surface area contributed by atoms with Gasteiger partial charge < -0.3 is 5.32 Å². The van der Waals surface area contributed by atoms with Crippen molar-refractivity contribution < 1.29 is 0 Å². The van der Waals surface area contributed by atoms with Gasteiger partial charge in [-0.15, -0.1) is 11.3 Å². The molecule has 1 aromatic heterocycles. The molecule has 1 nitrogen and oxygen atoms in total. The summed E-state index contributed by atoms with van der Waals surface area (Å²) in [5, 5.41) is 3.59. The first-order chi connectivity index (χ1) is 6.49. The van der Waals surface area contributed by atoms with Crippen LogP contribution in [0.4, 0.5) is 0 Å². The maximum Gasteiger partial charge on any atom is 0.0314 e. The van der Waals surface area contributed by atoms with Gasteiger partial charge in [0, 0.05) is 26.8 Å². The van der Waals surface area contributed by atoms with Crippen molar-refractivity contribution in [2.75, 3.05) is 0 Å². The molecule has 1 aliphatic rings. The number of hydrogen-bond donors (Lipinski definition) is 1. The minimum Gasteiger partial charge on any atom is -0.309 e. The maximum atomic E-state index is 3.59. The molecule has 0 amide bonds. The summed E-state index contributed by atoms with van der Waals surface area (Å²) in [5.41, 5.74) is 0.531. The Morgan fingerprint density at radius 3 is 2.71 bits per heavy atom. The van der Waals surface area contributed by atoms with Crippen LogP contribution in [0.1, 0.15) is 30.0 Å². The summed E-state index contributed by atoms with van der Waals surface area (Å²) in [6.45, 7) is 7.81. The van der Waals surface area contributed by atoms with Crippen molar-refractivity contribution in [1.29, 1.82) is 0 Å². The molecule has 0 spiro atoms. The van der Waals surface area contributed by atoms with Crippen LogP contribution in [0, 0.1) is 12.3 Å². The molecule has 1 aliphatic carbocycles. The highest BCUT2D eigenvalue weighted by molar-refractivity contribution is 9.10. The van der Waals surface area contributed by atoms with Crippen molar-refractivity contribution in [3.05, 3.63) is 20.3 Å². The van der Waals surface area contributed by atoms with Gasteiger partial charge in [0.1, 0.15) is 0 Å². The van der Waals surface area contributed by atoms with Crippen molar-refractivity contribution in [3.8, 4) is 0 Å². The van der Waals surface area contributed by atoms with Gasteiger partial charge in [0.15, 0.2) is 0 Å². The van der Waals surface area contributed by atoms with E-state index in [1.165, 1.54) is 20.6 Å². The lowest BCUT2D eigenvalue weighted by Crippen LogP contribution is -2.19. The molecule has 0 bridgehead atoms. The minimum absolute atomic E-state index is 0.531. The van der Waals surface area contributed by atoms with E-state index in [1.807, 2.05) is 11.3 Å². The molecule has 78 valence electrons. The average molecular weight is 274 g/mol. The zero-order chi connectivity index (χ0) is 10.3. The largest absolute Gasteiger partial charge is 0.309 e. The van der Waals surface area contributed by atoms with Crippen molar-refractivity contribution in [2.24, 2.45) is 5.41 Å². The molecule has 0 saturated heterocycles. The Labute approximate surface area is 98.0 Å². The van der Waals surface area contributed by atoms with Crippen LogP contribution in [-0.2, 0) is 6.54 Å². The highest BCUT2D eigenvalue weighted by atomic mass is 79.9. The Morgan fingerprint density at radius 1 is 1.64 bits per heavy atom. The molecule has 1 heterocycles. The fraction of sp³-hybridized carbons (Fsp3) is 0.636. The second-order valence-corrected chi connectivity index (χ2v) is 6.94. The molecule has 1 atom stereocenters. The zero-order valence-electron chi connectivity index (χ0n) is 8.86. The third-order valence-corrected chi connectivity index (χ3v) is 5.08. The Kier molecular flexibility index (Phi) is 2.75. The Balaban J connectivity index is 1.87. The van der Waals surface area contributed by atoms with E-state index in [-0.39, 0.29) is 0 Å². The lowest BCUT2D eigenvalue weighted by atomic mass is 10.2. The summed E-state index contributed by atoms with van der Waals surface area (Å²) >= 11 is 5.42. The van der Waals surface area contributed by atoms with Crippen molar-refractivity contribution in [1.82, 2.24) is 5.32 Å². The van der Waals surface area contributed by atoms with Gasteiger partial charge in [-0.2, -0.15) is 0 Å². The summed E-state index contributed by atoms with van der Waals surface area (Å²) in [6.07, 6.45) is 1.32. The third kappa shape index (κ3) is 2.20. The molecule has 14 heavy (non-hydrogen) atoms. The monoisotopic (exact) mass is 273 g/mol. The third-order valence-electron chi connectivity index (χ3n) is 2.94. The lowest BCUT2D eigenvalue weighted by molar-refractivity contribution is 0.544. The van der Waals surface area contributed by atoms with E-state index >= 15 is 0 Å². The first-order valence-electron chi connectivity index (χ1n) is 4.97. The molecular weight excluding hydrogens is 258 g/mol. The van der Waals surface area contributed by atoms with Crippen LogP contribution >= 0.6 is 27.3 Å². The normalized spacial score (nSPS) is 23.9. The summed E-state index contributed by atoms with van der Waals surface area (Å²) in [6, 6.07) is 2.95. The number of thiophene rings is 1. The Morgan fingerprint density at radius 2 is 2.29 bits per heavy atom. The number of rotatable bonds is 3. The van der Waals surface area contributed by atoms with Gasteiger partial charge in [-0.05, 0) is 40.8 Å². The quantitative estimate of drug-likeness (QED) is 0.886. The van der Waals surface area contributed by atoms with Crippen LogP contribution in [-0.4, -0.2) is 6.04 Å². The van der Waals surface area contributed by atoms with Crippen LogP contribution in [0.25, 0.3) is 0 Å². The first-order valence-corrected chi connectivity index (χ1v) is 6.58. The van der Waals surface area contributed by atoms with Crippen LogP contribution in [0.15, 0.2) is 10.5 Å². The molecule has 0 radical (unpaired) electrons. The van der Waals surface area contributed by atoms with Crippen molar-refractivity contribution >= 4 is 27.3 Å². The van der Waals surface area contributed by atoms with Crippen LogP contribution < -0.4 is 5.32 Å². The molecule has 1 fully saturated rings. The number of nitrogens with one attached hydrogen (secondary N) is 1. The molecule has 0 aliphatic heterocycles. The number of halogens is 1. The van der Waals surface area contributed by atoms with Gasteiger partial charge in [-0.25, -0.2) is 0 Å². The molecule has 2 rings (SSSR count). The van der Waals surface area contributed by atoms with Crippen LogP contribution in [0.5, 0.6) is 0 Å². The highest BCUT2D eigenvalue weighted by Gasteiger charge is 2.44. The maximum absolute atomic E-state index is 3.59. The minimum atomic E-state index is 0.531. The van der Waals surface area contributed by atoms with Gasteiger partial charge in [0.2, 0.25) is 0 Å². The number of hydrogen-bond acceptors (Lipinski definition) is 2. The van der Waals surface area contributed by atoms with Gasteiger partial charge >= 0.3 is 0 Å². The van der Waals surface area contributed by atoms with E-state index in [4.69, 9.17) is 0 Å². The van der Waals surface area contributed by atoms with Gasteiger partial charge in [0.05, 0.1) is 0 Å². The standard InChI is InChI=1S/C11H16BrNS/c1-7-9(12)4-8(14-7)6-13-10-5-11(10,2)3/h4,10,13H,5-6H2,1-3H3. The van der Waals surface area contributed by atoms with Crippen molar-refractivity contribution in [2.45, 2.75) is 39.8 Å². The van der Waals surface area contributed by atoms with Crippen molar-refractivity contribution in [3.63, 3.8) is 0 Å². The lowest BCUT2D eigenvalue weighted by Gasteiger charge is -2.04. The molecule has 0 aromatic carbocycles. The average Bonchev–Trinajstić information content (AvgIpc) is 2.56.